The van der Waals surface area contributed by atoms with E-state index in [9.17, 15) is 9.59 Å². The molecule has 0 fully saturated rings. The van der Waals surface area contributed by atoms with Crippen molar-refractivity contribution in [2.24, 2.45) is 0 Å². The molecule has 2 aromatic rings. The fraction of sp³-hybridized carbons (Fsp3) is 0.357. The summed E-state index contributed by atoms with van der Waals surface area (Å²) in [6.07, 6.45) is 0.125. The molecule has 0 aromatic carbocycles. The van der Waals surface area contributed by atoms with Crippen LogP contribution in [0.15, 0.2) is 22.0 Å². The van der Waals surface area contributed by atoms with Crippen molar-refractivity contribution >= 4 is 23.2 Å². The van der Waals surface area contributed by atoms with Crippen molar-refractivity contribution in [3.8, 4) is 0 Å². The Morgan fingerprint density at radius 2 is 2.24 bits per heavy atom. The number of rotatable bonds is 6. The first-order valence-electron chi connectivity index (χ1n) is 6.47. The quantitative estimate of drug-likeness (QED) is 0.827. The smallest absolute Gasteiger partial charge is 0.307 e. The van der Waals surface area contributed by atoms with Gasteiger partial charge in [-0.25, -0.2) is 0 Å². The Kier molecular flexibility index (Phi) is 5.10. The fourth-order valence-electron chi connectivity index (χ4n) is 1.71. The molecular formula is C14H16N2O4S. The maximum Gasteiger partial charge on any atom is 0.307 e. The Hall–Kier alpha value is -2.15. The van der Waals surface area contributed by atoms with Crippen LogP contribution in [0.4, 0.5) is 0 Å². The summed E-state index contributed by atoms with van der Waals surface area (Å²) in [5, 5.41) is 8.28. The van der Waals surface area contributed by atoms with Crippen molar-refractivity contribution in [3.05, 3.63) is 39.4 Å². The van der Waals surface area contributed by atoms with Gasteiger partial charge in [-0.1, -0.05) is 11.2 Å². The minimum absolute atomic E-state index is 0.125. The molecular weight excluding hydrogens is 292 g/mol. The van der Waals surface area contributed by atoms with Crippen molar-refractivity contribution in [3.63, 3.8) is 0 Å². The molecule has 21 heavy (non-hydrogen) atoms. The van der Waals surface area contributed by atoms with Gasteiger partial charge >= 0.3 is 5.97 Å². The Bertz CT molecular complexity index is 599. The second kappa shape index (κ2) is 7.03. The number of carbonyl (C=O) groups is 2. The molecule has 0 aliphatic carbocycles. The first-order chi connectivity index (χ1) is 10.1. The van der Waals surface area contributed by atoms with Gasteiger partial charge in [-0.15, -0.1) is 11.3 Å². The standard InChI is InChI=1S/C14H16N2O4S/c1-9-11(10(2)20-16-9)8-19-13(17)5-6-15-14(18)12-4-3-7-21-12/h3-4,7H,5-6,8H2,1-2H3,(H,15,18). The van der Waals surface area contributed by atoms with E-state index in [0.717, 1.165) is 5.56 Å². The number of ether oxygens (including phenoxy) is 1. The number of esters is 1. The van der Waals surface area contributed by atoms with Crippen molar-refractivity contribution < 1.29 is 18.8 Å². The van der Waals surface area contributed by atoms with Gasteiger partial charge < -0.3 is 14.6 Å². The minimum Gasteiger partial charge on any atom is -0.461 e. The molecule has 112 valence electrons. The highest BCUT2D eigenvalue weighted by Gasteiger charge is 2.12. The van der Waals surface area contributed by atoms with Gasteiger partial charge in [0.15, 0.2) is 0 Å². The molecule has 7 heteroatoms. The zero-order valence-electron chi connectivity index (χ0n) is 11.8. The summed E-state index contributed by atoms with van der Waals surface area (Å²) in [4.78, 5) is 23.9. The largest absolute Gasteiger partial charge is 0.461 e. The predicted molar refractivity (Wildman–Crippen MR) is 77.0 cm³/mol. The molecule has 0 aliphatic rings. The molecule has 0 radical (unpaired) electrons. The zero-order valence-corrected chi connectivity index (χ0v) is 12.7. The molecule has 0 bridgehead atoms. The van der Waals surface area contributed by atoms with E-state index in [2.05, 4.69) is 10.5 Å². The third-order valence-corrected chi connectivity index (χ3v) is 3.79. The SMILES string of the molecule is Cc1noc(C)c1COC(=O)CCNC(=O)c1cccs1. The van der Waals surface area contributed by atoms with E-state index in [1.54, 1.807) is 26.0 Å². The van der Waals surface area contributed by atoms with E-state index in [0.29, 0.717) is 16.3 Å². The minimum atomic E-state index is -0.374. The third kappa shape index (κ3) is 4.16. The van der Waals surface area contributed by atoms with Crippen LogP contribution in [0.25, 0.3) is 0 Å². The predicted octanol–water partition coefficient (Wildman–Crippen LogP) is 2.22. The third-order valence-electron chi connectivity index (χ3n) is 2.92. The maximum atomic E-state index is 11.6. The van der Waals surface area contributed by atoms with Crippen LogP contribution in [-0.2, 0) is 16.1 Å². The second-order valence-corrected chi connectivity index (χ2v) is 5.39. The zero-order chi connectivity index (χ0) is 15.2. The summed E-state index contributed by atoms with van der Waals surface area (Å²) in [6, 6.07) is 3.53. The van der Waals surface area contributed by atoms with Gasteiger partial charge in [-0.3, -0.25) is 9.59 Å². The van der Waals surface area contributed by atoms with Gasteiger partial charge in [-0.2, -0.15) is 0 Å². The van der Waals surface area contributed by atoms with Crippen LogP contribution in [0.1, 0.15) is 33.1 Å². The van der Waals surface area contributed by atoms with Crippen LogP contribution in [0.3, 0.4) is 0 Å². The van der Waals surface area contributed by atoms with Crippen LogP contribution < -0.4 is 5.32 Å². The van der Waals surface area contributed by atoms with E-state index in [1.165, 1.54) is 11.3 Å². The maximum absolute atomic E-state index is 11.6. The molecule has 1 amide bonds. The van der Waals surface area contributed by atoms with Gasteiger partial charge in [0.1, 0.15) is 12.4 Å². The summed E-state index contributed by atoms with van der Waals surface area (Å²) in [5.41, 5.74) is 1.50. The first-order valence-corrected chi connectivity index (χ1v) is 7.35. The molecule has 6 nitrogen and oxygen atoms in total. The Balaban J connectivity index is 1.70. The molecule has 1 N–H and O–H groups in total. The van der Waals surface area contributed by atoms with Crippen LogP contribution in [0.2, 0.25) is 0 Å². The normalized spacial score (nSPS) is 10.4. The number of aromatic nitrogens is 1. The van der Waals surface area contributed by atoms with Crippen LogP contribution in [0, 0.1) is 13.8 Å². The number of amides is 1. The van der Waals surface area contributed by atoms with E-state index in [-0.39, 0.29) is 31.4 Å². The summed E-state index contributed by atoms with van der Waals surface area (Å²) in [6.45, 7) is 3.95. The lowest BCUT2D eigenvalue weighted by atomic mass is 10.2. The number of carbonyl (C=O) groups excluding carboxylic acids is 2. The monoisotopic (exact) mass is 308 g/mol. The molecule has 0 unspecified atom stereocenters. The topological polar surface area (TPSA) is 81.4 Å². The number of hydrogen-bond donors (Lipinski definition) is 1. The molecule has 0 aliphatic heterocycles. The highest BCUT2D eigenvalue weighted by atomic mass is 32.1. The summed E-state index contributed by atoms with van der Waals surface area (Å²) in [5.74, 6) is 0.0938. The molecule has 2 rings (SSSR count). The first kappa shape index (κ1) is 15.2. The summed E-state index contributed by atoms with van der Waals surface area (Å²) >= 11 is 1.36. The lowest BCUT2D eigenvalue weighted by Gasteiger charge is -2.05. The van der Waals surface area contributed by atoms with Crippen LogP contribution in [0.5, 0.6) is 0 Å². The molecule has 2 aromatic heterocycles. The molecule has 2 heterocycles. The van der Waals surface area contributed by atoms with Gasteiger partial charge in [0.2, 0.25) is 0 Å². The van der Waals surface area contributed by atoms with Crippen molar-refractivity contribution in [2.45, 2.75) is 26.9 Å². The van der Waals surface area contributed by atoms with Crippen molar-refractivity contribution in [2.75, 3.05) is 6.54 Å². The highest BCUT2D eigenvalue weighted by Crippen LogP contribution is 2.13. The van der Waals surface area contributed by atoms with Crippen LogP contribution >= 0.6 is 11.3 Å². The summed E-state index contributed by atoms with van der Waals surface area (Å²) in [7, 11) is 0. The van der Waals surface area contributed by atoms with Crippen molar-refractivity contribution in [1.29, 1.82) is 0 Å². The number of nitrogens with zero attached hydrogens (tertiary/aromatic N) is 1. The van der Waals surface area contributed by atoms with E-state index in [1.807, 2.05) is 5.38 Å². The van der Waals surface area contributed by atoms with Gasteiger partial charge in [0.05, 0.1) is 22.6 Å². The molecule has 0 atom stereocenters. The van der Waals surface area contributed by atoms with E-state index < -0.39 is 0 Å². The lowest BCUT2D eigenvalue weighted by Crippen LogP contribution is -2.25. The van der Waals surface area contributed by atoms with E-state index >= 15 is 0 Å². The average Bonchev–Trinajstić information content (AvgIpc) is 3.08. The summed E-state index contributed by atoms with van der Waals surface area (Å²) < 4.78 is 10.1. The second-order valence-electron chi connectivity index (χ2n) is 4.45. The molecule has 0 spiro atoms. The fourth-order valence-corrected chi connectivity index (χ4v) is 2.35. The van der Waals surface area contributed by atoms with E-state index in [4.69, 9.17) is 9.26 Å². The average molecular weight is 308 g/mol. The number of thiophene rings is 1. The van der Waals surface area contributed by atoms with Gasteiger partial charge in [0, 0.05) is 6.54 Å². The Labute approximate surface area is 126 Å². The van der Waals surface area contributed by atoms with Crippen LogP contribution in [-0.4, -0.2) is 23.6 Å². The van der Waals surface area contributed by atoms with Gasteiger partial charge in [0.25, 0.3) is 5.91 Å². The number of aryl methyl sites for hydroxylation is 2. The Morgan fingerprint density at radius 3 is 2.86 bits per heavy atom. The number of nitrogens with one attached hydrogen (secondary N) is 1. The Morgan fingerprint density at radius 1 is 1.43 bits per heavy atom. The lowest BCUT2D eigenvalue weighted by molar-refractivity contribution is -0.144. The molecule has 0 saturated carbocycles. The highest BCUT2D eigenvalue weighted by molar-refractivity contribution is 7.12. The molecule has 0 saturated heterocycles. The van der Waals surface area contributed by atoms with Crippen molar-refractivity contribution in [1.82, 2.24) is 10.5 Å². The number of hydrogen-bond acceptors (Lipinski definition) is 6. The van der Waals surface area contributed by atoms with Gasteiger partial charge in [-0.05, 0) is 25.3 Å².